The van der Waals surface area contributed by atoms with E-state index in [0.717, 1.165) is 0 Å². The molecule has 0 unspecified atom stereocenters. The van der Waals surface area contributed by atoms with E-state index in [4.69, 9.17) is 17.3 Å². The van der Waals surface area contributed by atoms with Gasteiger partial charge in [-0.1, -0.05) is 25.4 Å². The van der Waals surface area contributed by atoms with Crippen molar-refractivity contribution >= 4 is 17.4 Å². The minimum absolute atomic E-state index is 0.159. The van der Waals surface area contributed by atoms with Crippen molar-refractivity contribution in [3.05, 3.63) is 40.9 Å². The molecule has 0 amide bonds. The Morgan fingerprint density at radius 3 is 2.56 bits per heavy atom. The van der Waals surface area contributed by atoms with Gasteiger partial charge in [-0.05, 0) is 18.2 Å². The van der Waals surface area contributed by atoms with E-state index < -0.39 is 0 Å². The number of anilines is 1. The lowest BCUT2D eigenvalue weighted by molar-refractivity contribution is 0.628. The van der Waals surface area contributed by atoms with Crippen LogP contribution < -0.4 is 5.73 Å². The van der Waals surface area contributed by atoms with Crippen molar-refractivity contribution in [2.45, 2.75) is 19.8 Å². The van der Waals surface area contributed by atoms with Gasteiger partial charge in [-0.25, -0.2) is 14.4 Å². The van der Waals surface area contributed by atoms with Crippen LogP contribution in [0.2, 0.25) is 5.02 Å². The number of nitrogens with zero attached hydrogens (tertiary/aromatic N) is 2. The highest BCUT2D eigenvalue weighted by Gasteiger charge is 2.11. The van der Waals surface area contributed by atoms with E-state index in [9.17, 15) is 4.39 Å². The van der Waals surface area contributed by atoms with Crippen LogP contribution in [0.25, 0.3) is 11.3 Å². The summed E-state index contributed by atoms with van der Waals surface area (Å²) in [5.41, 5.74) is 7.00. The van der Waals surface area contributed by atoms with Gasteiger partial charge in [-0.15, -0.1) is 0 Å². The number of hydrogen-bond acceptors (Lipinski definition) is 3. The summed E-state index contributed by atoms with van der Waals surface area (Å²) in [6, 6.07) is 5.81. The Morgan fingerprint density at radius 2 is 1.94 bits per heavy atom. The average molecular weight is 266 g/mol. The van der Waals surface area contributed by atoms with Gasteiger partial charge in [-0.3, -0.25) is 0 Å². The van der Waals surface area contributed by atoms with Crippen LogP contribution in [0.1, 0.15) is 25.6 Å². The molecule has 2 N–H and O–H groups in total. The summed E-state index contributed by atoms with van der Waals surface area (Å²) in [6.07, 6.45) is 0. The van der Waals surface area contributed by atoms with Gasteiger partial charge in [0, 0.05) is 17.5 Å². The molecule has 94 valence electrons. The molecule has 2 rings (SSSR count). The number of hydrogen-bond donors (Lipinski definition) is 1. The normalized spacial score (nSPS) is 10.9. The van der Waals surface area contributed by atoms with E-state index in [-0.39, 0.29) is 11.7 Å². The fourth-order valence-electron chi connectivity index (χ4n) is 1.58. The minimum Gasteiger partial charge on any atom is -0.384 e. The topological polar surface area (TPSA) is 51.8 Å². The Bertz CT molecular complexity index is 584. The van der Waals surface area contributed by atoms with E-state index in [0.29, 0.717) is 27.9 Å². The molecule has 0 aliphatic carbocycles. The lowest BCUT2D eigenvalue weighted by atomic mass is 10.1. The number of nitrogens with two attached hydrogens (primary N) is 1. The summed E-state index contributed by atoms with van der Waals surface area (Å²) in [7, 11) is 0. The fourth-order valence-corrected chi connectivity index (χ4v) is 1.84. The van der Waals surface area contributed by atoms with E-state index in [1.807, 2.05) is 13.8 Å². The molecule has 1 heterocycles. The van der Waals surface area contributed by atoms with Crippen LogP contribution in [0.4, 0.5) is 10.2 Å². The Kier molecular flexibility index (Phi) is 3.48. The molecule has 0 saturated carbocycles. The maximum Gasteiger partial charge on any atom is 0.133 e. The van der Waals surface area contributed by atoms with Crippen molar-refractivity contribution in [2.24, 2.45) is 0 Å². The molecule has 0 aliphatic rings. The molecule has 0 aliphatic heterocycles. The molecular formula is C13H13ClFN3. The molecule has 5 heteroatoms. The third-order valence-electron chi connectivity index (χ3n) is 2.49. The number of halogens is 2. The van der Waals surface area contributed by atoms with Crippen LogP contribution in [-0.4, -0.2) is 9.97 Å². The predicted molar refractivity (Wildman–Crippen MR) is 70.9 cm³/mol. The van der Waals surface area contributed by atoms with Gasteiger partial charge in [0.2, 0.25) is 0 Å². The Morgan fingerprint density at radius 1 is 1.22 bits per heavy atom. The van der Waals surface area contributed by atoms with Crippen LogP contribution in [0.15, 0.2) is 24.3 Å². The molecule has 3 nitrogen and oxygen atoms in total. The van der Waals surface area contributed by atoms with Crippen molar-refractivity contribution in [1.82, 2.24) is 9.97 Å². The van der Waals surface area contributed by atoms with Gasteiger partial charge in [-0.2, -0.15) is 0 Å². The van der Waals surface area contributed by atoms with Gasteiger partial charge >= 0.3 is 0 Å². The zero-order valence-corrected chi connectivity index (χ0v) is 10.9. The van der Waals surface area contributed by atoms with E-state index in [1.165, 1.54) is 12.1 Å². The third-order valence-corrected chi connectivity index (χ3v) is 2.80. The van der Waals surface area contributed by atoms with Crippen molar-refractivity contribution in [2.75, 3.05) is 5.73 Å². The standard InChI is InChI=1S/C13H13ClFN3/c1-7(2)13-17-11(6-12(16)18-13)9-4-3-8(15)5-10(9)14/h3-7H,1-2H3,(H2,16,17,18). The minimum atomic E-state index is -0.380. The predicted octanol–water partition coefficient (Wildman–Crippen LogP) is 3.64. The molecule has 0 bridgehead atoms. The maximum atomic E-state index is 13.0. The van der Waals surface area contributed by atoms with Crippen molar-refractivity contribution < 1.29 is 4.39 Å². The highest BCUT2D eigenvalue weighted by atomic mass is 35.5. The lowest BCUT2D eigenvalue weighted by Gasteiger charge is -2.09. The maximum absolute atomic E-state index is 13.0. The molecule has 18 heavy (non-hydrogen) atoms. The first-order chi connectivity index (χ1) is 8.47. The number of rotatable bonds is 2. The van der Waals surface area contributed by atoms with Crippen LogP contribution in [-0.2, 0) is 0 Å². The lowest BCUT2D eigenvalue weighted by Crippen LogP contribution is -2.03. The fraction of sp³-hybridized carbons (Fsp3) is 0.231. The van der Waals surface area contributed by atoms with E-state index >= 15 is 0 Å². The van der Waals surface area contributed by atoms with E-state index in [2.05, 4.69) is 9.97 Å². The first-order valence-corrected chi connectivity index (χ1v) is 5.95. The monoisotopic (exact) mass is 265 g/mol. The van der Waals surface area contributed by atoms with Crippen molar-refractivity contribution in [3.63, 3.8) is 0 Å². The summed E-state index contributed by atoms with van der Waals surface area (Å²) in [5.74, 6) is 0.802. The van der Waals surface area contributed by atoms with Crippen LogP contribution >= 0.6 is 11.6 Å². The van der Waals surface area contributed by atoms with Crippen LogP contribution in [0, 0.1) is 5.82 Å². The highest BCUT2D eigenvalue weighted by Crippen LogP contribution is 2.28. The molecule has 1 aromatic carbocycles. The van der Waals surface area contributed by atoms with Crippen LogP contribution in [0.3, 0.4) is 0 Å². The van der Waals surface area contributed by atoms with Gasteiger partial charge in [0.1, 0.15) is 17.5 Å². The van der Waals surface area contributed by atoms with Crippen molar-refractivity contribution in [1.29, 1.82) is 0 Å². The first kappa shape index (κ1) is 12.8. The second-order valence-electron chi connectivity index (χ2n) is 4.32. The molecular weight excluding hydrogens is 253 g/mol. The number of benzene rings is 1. The molecule has 0 atom stereocenters. The second kappa shape index (κ2) is 4.90. The summed E-state index contributed by atoms with van der Waals surface area (Å²) >= 11 is 6.01. The zero-order chi connectivity index (χ0) is 13.3. The summed E-state index contributed by atoms with van der Waals surface area (Å²) in [5, 5.41) is 0.308. The summed E-state index contributed by atoms with van der Waals surface area (Å²) in [4.78, 5) is 8.55. The van der Waals surface area contributed by atoms with Crippen LogP contribution in [0.5, 0.6) is 0 Å². The first-order valence-electron chi connectivity index (χ1n) is 5.57. The Hall–Kier alpha value is -1.68. The van der Waals surface area contributed by atoms with Gasteiger partial charge in [0.25, 0.3) is 0 Å². The van der Waals surface area contributed by atoms with E-state index in [1.54, 1.807) is 12.1 Å². The molecule has 0 saturated heterocycles. The molecule has 1 aromatic heterocycles. The molecule has 0 fully saturated rings. The quantitative estimate of drug-likeness (QED) is 0.902. The Labute approximate surface area is 110 Å². The van der Waals surface area contributed by atoms with Gasteiger partial charge < -0.3 is 5.73 Å². The number of nitrogen functional groups attached to an aromatic ring is 1. The molecule has 2 aromatic rings. The Balaban J connectivity index is 2.56. The smallest absolute Gasteiger partial charge is 0.133 e. The van der Waals surface area contributed by atoms with Crippen molar-refractivity contribution in [3.8, 4) is 11.3 Å². The number of aromatic nitrogens is 2. The third kappa shape index (κ3) is 2.59. The zero-order valence-electron chi connectivity index (χ0n) is 10.1. The molecule has 0 spiro atoms. The highest BCUT2D eigenvalue weighted by molar-refractivity contribution is 6.33. The summed E-state index contributed by atoms with van der Waals surface area (Å²) < 4.78 is 13.0. The molecule has 0 radical (unpaired) electrons. The largest absolute Gasteiger partial charge is 0.384 e. The SMILES string of the molecule is CC(C)c1nc(N)cc(-c2ccc(F)cc2Cl)n1. The van der Waals surface area contributed by atoms with Gasteiger partial charge in [0.05, 0.1) is 10.7 Å². The second-order valence-corrected chi connectivity index (χ2v) is 4.72. The average Bonchev–Trinajstić information content (AvgIpc) is 2.27. The summed E-state index contributed by atoms with van der Waals surface area (Å²) in [6.45, 7) is 3.95. The van der Waals surface area contributed by atoms with Gasteiger partial charge in [0.15, 0.2) is 0 Å².